The summed E-state index contributed by atoms with van der Waals surface area (Å²) in [5.41, 5.74) is 3.21. The number of carbonyl (C=O) groups excluding carboxylic acids is 1. The number of aromatic amines is 1. The number of morpholine rings is 1. The quantitative estimate of drug-likeness (QED) is 0.878. The van der Waals surface area contributed by atoms with Gasteiger partial charge in [-0.15, -0.1) is 0 Å². The van der Waals surface area contributed by atoms with Crippen LogP contribution >= 0.6 is 0 Å². The molecule has 2 aromatic heterocycles. The average Bonchev–Trinajstić information content (AvgIpc) is 2.80. The van der Waals surface area contributed by atoms with E-state index in [-0.39, 0.29) is 17.6 Å². The summed E-state index contributed by atoms with van der Waals surface area (Å²) in [4.78, 5) is 33.1. The molecule has 2 aromatic rings. The van der Waals surface area contributed by atoms with Crippen molar-refractivity contribution in [1.82, 2.24) is 24.6 Å². The van der Waals surface area contributed by atoms with E-state index < -0.39 is 0 Å². The molecule has 1 N–H and O–H groups in total. The summed E-state index contributed by atoms with van der Waals surface area (Å²) in [6.45, 7) is 6.97. The van der Waals surface area contributed by atoms with Gasteiger partial charge >= 0.3 is 0 Å². The monoisotopic (exact) mass is 345 g/mol. The molecule has 0 radical (unpaired) electrons. The van der Waals surface area contributed by atoms with Crippen LogP contribution in [0.3, 0.4) is 0 Å². The lowest BCUT2D eigenvalue weighted by atomic mass is 10.1. The Kier molecular flexibility index (Phi) is 4.71. The summed E-state index contributed by atoms with van der Waals surface area (Å²) < 4.78 is 7.53. The molecule has 3 heterocycles. The molecule has 1 fully saturated rings. The van der Waals surface area contributed by atoms with Crippen LogP contribution in [0.15, 0.2) is 10.9 Å². The summed E-state index contributed by atoms with van der Waals surface area (Å²) in [6, 6.07) is 1.43. The van der Waals surface area contributed by atoms with E-state index >= 15 is 0 Å². The predicted molar refractivity (Wildman–Crippen MR) is 91.3 cm³/mol. The van der Waals surface area contributed by atoms with Gasteiger partial charge in [-0.1, -0.05) is 0 Å². The lowest BCUT2D eigenvalue weighted by Crippen LogP contribution is -2.43. The SMILES string of the molecule is Cc1nc(C2CN(C(=O)Cc3c(C)nn(C)c3C)CCO2)cc(=O)[nH]1. The normalized spacial score (nSPS) is 17.8. The first-order valence-corrected chi connectivity index (χ1v) is 8.31. The fourth-order valence-electron chi connectivity index (χ4n) is 3.16. The van der Waals surface area contributed by atoms with Gasteiger partial charge < -0.3 is 14.6 Å². The standard InChI is InChI=1S/C17H23N5O3/c1-10-13(11(2)21(4)20-10)7-17(24)22-5-6-25-15(9-22)14-8-16(23)19-12(3)18-14/h8,15H,5-7,9H2,1-4H3,(H,18,19,23). The van der Waals surface area contributed by atoms with Gasteiger partial charge in [-0.05, 0) is 20.8 Å². The summed E-state index contributed by atoms with van der Waals surface area (Å²) in [5, 5.41) is 4.36. The molecule has 1 amide bonds. The maximum atomic E-state index is 12.7. The summed E-state index contributed by atoms with van der Waals surface area (Å²) in [7, 11) is 1.88. The van der Waals surface area contributed by atoms with Crippen molar-refractivity contribution < 1.29 is 9.53 Å². The van der Waals surface area contributed by atoms with Gasteiger partial charge in [0.05, 0.1) is 31.0 Å². The van der Waals surface area contributed by atoms with Crippen LogP contribution in [0.1, 0.15) is 34.6 Å². The second kappa shape index (κ2) is 6.79. The zero-order valence-corrected chi connectivity index (χ0v) is 15.0. The van der Waals surface area contributed by atoms with Crippen molar-refractivity contribution in [1.29, 1.82) is 0 Å². The highest BCUT2D eigenvalue weighted by molar-refractivity contribution is 5.79. The van der Waals surface area contributed by atoms with Crippen LogP contribution < -0.4 is 5.56 Å². The first kappa shape index (κ1) is 17.3. The number of carbonyl (C=O) groups is 1. The number of hydrogen-bond donors (Lipinski definition) is 1. The molecule has 0 aromatic carbocycles. The summed E-state index contributed by atoms with van der Waals surface area (Å²) >= 11 is 0. The van der Waals surface area contributed by atoms with Gasteiger partial charge in [-0.3, -0.25) is 14.3 Å². The van der Waals surface area contributed by atoms with Crippen LogP contribution in [-0.4, -0.2) is 50.3 Å². The van der Waals surface area contributed by atoms with Crippen LogP contribution in [0, 0.1) is 20.8 Å². The molecule has 25 heavy (non-hydrogen) atoms. The van der Waals surface area contributed by atoms with Gasteiger partial charge in [0.25, 0.3) is 5.56 Å². The molecule has 0 aliphatic carbocycles. The third kappa shape index (κ3) is 3.63. The fraction of sp³-hybridized carbons (Fsp3) is 0.529. The molecule has 0 bridgehead atoms. The van der Waals surface area contributed by atoms with E-state index in [1.54, 1.807) is 16.5 Å². The third-order valence-electron chi connectivity index (χ3n) is 4.62. The van der Waals surface area contributed by atoms with Crippen molar-refractivity contribution in [3.8, 4) is 0 Å². The van der Waals surface area contributed by atoms with Gasteiger partial charge in [0.1, 0.15) is 11.9 Å². The minimum absolute atomic E-state index is 0.0362. The Morgan fingerprint density at radius 3 is 2.80 bits per heavy atom. The smallest absolute Gasteiger partial charge is 0.251 e. The maximum Gasteiger partial charge on any atom is 0.251 e. The van der Waals surface area contributed by atoms with Gasteiger partial charge in [-0.25, -0.2) is 4.98 Å². The van der Waals surface area contributed by atoms with E-state index in [2.05, 4.69) is 15.1 Å². The fourth-order valence-corrected chi connectivity index (χ4v) is 3.16. The number of rotatable bonds is 3. The van der Waals surface area contributed by atoms with Gasteiger partial charge in [-0.2, -0.15) is 5.10 Å². The largest absolute Gasteiger partial charge is 0.368 e. The molecule has 1 saturated heterocycles. The predicted octanol–water partition coefficient (Wildman–Crippen LogP) is 0.571. The van der Waals surface area contributed by atoms with Crippen molar-refractivity contribution in [3.05, 3.63) is 44.9 Å². The topological polar surface area (TPSA) is 93.1 Å². The number of H-pyrrole nitrogens is 1. The molecule has 1 unspecified atom stereocenters. The molecular formula is C17H23N5O3. The van der Waals surface area contributed by atoms with Gasteiger partial charge in [0.15, 0.2) is 0 Å². The van der Waals surface area contributed by atoms with Crippen molar-refractivity contribution in [3.63, 3.8) is 0 Å². The zero-order valence-electron chi connectivity index (χ0n) is 15.0. The molecule has 8 heteroatoms. The van der Waals surface area contributed by atoms with Crippen LogP contribution in [0.25, 0.3) is 0 Å². The first-order chi connectivity index (χ1) is 11.8. The highest BCUT2D eigenvalue weighted by atomic mass is 16.5. The Morgan fingerprint density at radius 1 is 1.40 bits per heavy atom. The van der Waals surface area contributed by atoms with Crippen LogP contribution in [0.2, 0.25) is 0 Å². The first-order valence-electron chi connectivity index (χ1n) is 8.31. The molecule has 1 atom stereocenters. The zero-order chi connectivity index (χ0) is 18.1. The number of aromatic nitrogens is 4. The van der Waals surface area contributed by atoms with Gasteiger partial charge in [0, 0.05) is 30.9 Å². The number of nitrogens with zero attached hydrogens (tertiary/aromatic N) is 4. The molecule has 134 valence electrons. The highest BCUT2D eigenvalue weighted by Gasteiger charge is 2.27. The van der Waals surface area contributed by atoms with Crippen molar-refractivity contribution in [2.45, 2.75) is 33.3 Å². The Balaban J connectivity index is 1.74. The average molecular weight is 345 g/mol. The highest BCUT2D eigenvalue weighted by Crippen LogP contribution is 2.21. The summed E-state index contributed by atoms with van der Waals surface area (Å²) in [6.07, 6.45) is -0.0603. The molecule has 0 saturated carbocycles. The molecular weight excluding hydrogens is 322 g/mol. The minimum atomic E-state index is -0.380. The van der Waals surface area contributed by atoms with Crippen molar-refractivity contribution >= 4 is 5.91 Å². The van der Waals surface area contributed by atoms with E-state index in [1.165, 1.54) is 6.07 Å². The number of hydrogen-bond acceptors (Lipinski definition) is 5. The maximum absolute atomic E-state index is 12.7. The Morgan fingerprint density at radius 2 is 2.16 bits per heavy atom. The molecule has 8 nitrogen and oxygen atoms in total. The van der Waals surface area contributed by atoms with E-state index in [9.17, 15) is 9.59 Å². The number of aryl methyl sites for hydroxylation is 3. The second-order valence-electron chi connectivity index (χ2n) is 6.40. The molecule has 3 rings (SSSR count). The molecule has 1 aliphatic rings. The van der Waals surface area contributed by atoms with Crippen LogP contribution in [0.5, 0.6) is 0 Å². The van der Waals surface area contributed by atoms with E-state index in [0.717, 1.165) is 17.0 Å². The van der Waals surface area contributed by atoms with Gasteiger partial charge in [0.2, 0.25) is 5.91 Å². The number of amides is 1. The second-order valence-corrected chi connectivity index (χ2v) is 6.40. The number of ether oxygens (including phenoxy) is 1. The van der Waals surface area contributed by atoms with E-state index in [0.29, 0.717) is 37.6 Å². The Bertz CT molecular complexity index is 854. The lowest BCUT2D eigenvalue weighted by Gasteiger charge is -2.32. The van der Waals surface area contributed by atoms with E-state index in [4.69, 9.17) is 4.74 Å². The lowest BCUT2D eigenvalue weighted by molar-refractivity contribution is -0.138. The Labute approximate surface area is 145 Å². The van der Waals surface area contributed by atoms with Crippen LogP contribution in [0.4, 0.5) is 0 Å². The molecule has 0 spiro atoms. The van der Waals surface area contributed by atoms with Crippen molar-refractivity contribution in [2.75, 3.05) is 19.7 Å². The summed E-state index contributed by atoms with van der Waals surface area (Å²) in [5.74, 6) is 0.574. The third-order valence-corrected chi connectivity index (χ3v) is 4.62. The van der Waals surface area contributed by atoms with E-state index in [1.807, 2.05) is 20.9 Å². The van der Waals surface area contributed by atoms with Crippen LogP contribution in [-0.2, 0) is 23.0 Å². The minimum Gasteiger partial charge on any atom is -0.368 e. The van der Waals surface area contributed by atoms with Crippen molar-refractivity contribution in [2.24, 2.45) is 7.05 Å². The Hall–Kier alpha value is -2.48. The molecule has 1 aliphatic heterocycles. The number of nitrogens with one attached hydrogen (secondary N) is 1.